The lowest BCUT2D eigenvalue weighted by molar-refractivity contribution is 0.0838. The van der Waals surface area contributed by atoms with Crippen molar-refractivity contribution in [1.29, 1.82) is 0 Å². The highest BCUT2D eigenvalue weighted by Gasteiger charge is 2.27. The van der Waals surface area contributed by atoms with E-state index >= 15 is 0 Å². The summed E-state index contributed by atoms with van der Waals surface area (Å²) in [5.41, 5.74) is 5.80. The van der Waals surface area contributed by atoms with E-state index in [9.17, 15) is 27.2 Å². The quantitative estimate of drug-likeness (QED) is 0.472. The number of aryl methyl sites for hydroxylation is 2. The molecule has 11 heteroatoms. The van der Waals surface area contributed by atoms with Crippen LogP contribution in [0.25, 0.3) is 0 Å². The highest BCUT2D eigenvalue weighted by molar-refractivity contribution is 6.09. The topological polar surface area (TPSA) is 93.2 Å². The van der Waals surface area contributed by atoms with E-state index in [1.165, 1.54) is 29.1 Å². The van der Waals surface area contributed by atoms with E-state index in [2.05, 4.69) is 10.4 Å². The zero-order chi connectivity index (χ0) is 22.9. The number of benzene rings is 2. The second kappa shape index (κ2) is 8.46. The molecule has 1 aromatic heterocycles. The van der Waals surface area contributed by atoms with E-state index < -0.39 is 35.6 Å². The predicted molar refractivity (Wildman–Crippen MR) is 106 cm³/mol. The summed E-state index contributed by atoms with van der Waals surface area (Å²) in [6, 6.07) is 5.95. The Hall–Kier alpha value is -3.89. The molecule has 0 aliphatic rings. The second-order valence-electron chi connectivity index (χ2n) is 6.60. The van der Waals surface area contributed by atoms with Gasteiger partial charge in [0.2, 0.25) is 0 Å². The average Bonchev–Trinajstić information content (AvgIpc) is 3.05. The number of nitrogens with one attached hydrogen (secondary N) is 1. The van der Waals surface area contributed by atoms with Crippen LogP contribution in [0.15, 0.2) is 42.6 Å². The van der Waals surface area contributed by atoms with E-state index in [1.54, 1.807) is 14.0 Å². The Balaban J connectivity index is 1.94. The molecule has 0 unspecified atom stereocenters. The maximum absolute atomic E-state index is 13.7. The molecular weight excluding hydrogens is 418 g/mol. The van der Waals surface area contributed by atoms with E-state index in [1.807, 2.05) is 0 Å². The number of nitrogens with two attached hydrogens (primary N) is 1. The van der Waals surface area contributed by atoms with Crippen molar-refractivity contribution in [3.63, 3.8) is 0 Å². The molecule has 0 spiro atoms. The van der Waals surface area contributed by atoms with Gasteiger partial charge in [-0.25, -0.2) is 8.78 Å². The third-order valence-electron chi connectivity index (χ3n) is 4.56. The smallest absolute Gasteiger partial charge is 0.321 e. The molecule has 2 amide bonds. The van der Waals surface area contributed by atoms with Gasteiger partial charge in [0.25, 0.3) is 11.8 Å². The number of carbonyl (C=O) groups is 2. The van der Waals surface area contributed by atoms with Gasteiger partial charge in [0, 0.05) is 18.3 Å². The highest BCUT2D eigenvalue weighted by Crippen LogP contribution is 2.28. The minimum absolute atomic E-state index is 0.0795. The van der Waals surface area contributed by atoms with Crippen molar-refractivity contribution in [2.45, 2.75) is 13.5 Å². The summed E-state index contributed by atoms with van der Waals surface area (Å²) in [7, 11) is 1.54. The number of nitrogens with zero attached hydrogens (tertiary/aromatic N) is 3. The van der Waals surface area contributed by atoms with E-state index in [-0.39, 0.29) is 27.7 Å². The number of hydrogen-bond donors (Lipinski definition) is 2. The number of anilines is 3. The third-order valence-corrected chi connectivity index (χ3v) is 4.56. The fraction of sp³-hybridized carbons (Fsp3) is 0.150. The molecule has 162 valence electrons. The maximum atomic E-state index is 13.7. The number of aromatic nitrogens is 2. The first-order valence-corrected chi connectivity index (χ1v) is 8.86. The van der Waals surface area contributed by atoms with Gasteiger partial charge >= 0.3 is 6.55 Å². The van der Waals surface area contributed by atoms with Gasteiger partial charge in [-0.15, -0.1) is 0 Å². The molecule has 0 aliphatic heterocycles. The van der Waals surface area contributed by atoms with Crippen molar-refractivity contribution < 1.29 is 27.2 Å². The summed E-state index contributed by atoms with van der Waals surface area (Å²) >= 11 is 0. The molecule has 0 saturated heterocycles. The average molecular weight is 435 g/mol. The van der Waals surface area contributed by atoms with Crippen LogP contribution in [0.2, 0.25) is 0 Å². The van der Waals surface area contributed by atoms with E-state index in [0.717, 1.165) is 6.07 Å². The van der Waals surface area contributed by atoms with Crippen LogP contribution >= 0.6 is 0 Å². The van der Waals surface area contributed by atoms with E-state index in [4.69, 9.17) is 5.73 Å². The molecule has 1 heterocycles. The molecular formula is C20H17F4N5O2. The molecule has 3 N–H and O–H groups in total. The SMILES string of the molecule is Cc1ccc(N(C(=O)c2ccc(F)c(F)c2)C(F)F)cc1NC(=O)c1cnn(C)c1N. The van der Waals surface area contributed by atoms with Gasteiger partial charge in [0.05, 0.1) is 11.9 Å². The molecule has 0 bridgehead atoms. The zero-order valence-electron chi connectivity index (χ0n) is 16.4. The number of carbonyl (C=O) groups excluding carboxylic acids is 2. The van der Waals surface area contributed by atoms with Crippen LogP contribution in [0.1, 0.15) is 26.3 Å². The van der Waals surface area contributed by atoms with Gasteiger partial charge in [0.15, 0.2) is 11.6 Å². The number of alkyl halides is 2. The van der Waals surface area contributed by atoms with Crippen molar-refractivity contribution in [2.24, 2.45) is 7.05 Å². The molecule has 31 heavy (non-hydrogen) atoms. The van der Waals surface area contributed by atoms with Gasteiger partial charge in [0.1, 0.15) is 11.4 Å². The van der Waals surface area contributed by atoms with Crippen LogP contribution in [0, 0.1) is 18.6 Å². The van der Waals surface area contributed by atoms with Gasteiger partial charge < -0.3 is 11.1 Å². The number of nitrogen functional groups attached to an aromatic ring is 1. The molecule has 0 saturated carbocycles. The Labute approximate surface area is 174 Å². The summed E-state index contributed by atoms with van der Waals surface area (Å²) < 4.78 is 55.4. The Kier molecular flexibility index (Phi) is 5.95. The first-order valence-electron chi connectivity index (χ1n) is 8.86. The van der Waals surface area contributed by atoms with Gasteiger partial charge in [-0.1, -0.05) is 6.07 Å². The first kappa shape index (κ1) is 21.8. The summed E-state index contributed by atoms with van der Waals surface area (Å²) in [6.45, 7) is -1.67. The molecule has 0 aliphatic carbocycles. The highest BCUT2D eigenvalue weighted by atomic mass is 19.3. The van der Waals surface area contributed by atoms with Gasteiger partial charge in [-0.3, -0.25) is 19.2 Å². The monoisotopic (exact) mass is 435 g/mol. The Morgan fingerprint density at radius 1 is 1.13 bits per heavy atom. The van der Waals surface area contributed by atoms with Crippen LogP contribution in [0.5, 0.6) is 0 Å². The van der Waals surface area contributed by atoms with Crippen LogP contribution < -0.4 is 16.0 Å². The largest absolute Gasteiger partial charge is 0.383 e. The number of amides is 2. The second-order valence-corrected chi connectivity index (χ2v) is 6.60. The van der Waals surface area contributed by atoms with Crippen molar-refractivity contribution in [2.75, 3.05) is 16.0 Å². The maximum Gasteiger partial charge on any atom is 0.321 e. The summed E-state index contributed by atoms with van der Waals surface area (Å²) in [6.07, 6.45) is 1.25. The van der Waals surface area contributed by atoms with Crippen molar-refractivity contribution in [1.82, 2.24) is 9.78 Å². The lowest BCUT2D eigenvalue weighted by Gasteiger charge is -2.23. The first-order chi connectivity index (χ1) is 14.6. The number of hydrogen-bond acceptors (Lipinski definition) is 4. The van der Waals surface area contributed by atoms with Crippen LogP contribution in [-0.4, -0.2) is 28.1 Å². The normalized spacial score (nSPS) is 10.9. The molecule has 0 fully saturated rings. The third kappa shape index (κ3) is 4.34. The van der Waals surface area contributed by atoms with Crippen LogP contribution in [-0.2, 0) is 7.05 Å². The van der Waals surface area contributed by atoms with Gasteiger partial charge in [-0.05, 0) is 42.8 Å². The molecule has 2 aromatic carbocycles. The Morgan fingerprint density at radius 3 is 2.42 bits per heavy atom. The van der Waals surface area contributed by atoms with Crippen molar-refractivity contribution >= 4 is 29.0 Å². The molecule has 7 nitrogen and oxygen atoms in total. The fourth-order valence-corrected chi connectivity index (χ4v) is 2.79. The lowest BCUT2D eigenvalue weighted by Crippen LogP contribution is -2.35. The summed E-state index contributed by atoms with van der Waals surface area (Å²) in [5.74, 6) is -4.32. The molecule has 3 aromatic rings. The van der Waals surface area contributed by atoms with Crippen LogP contribution in [0.3, 0.4) is 0 Å². The zero-order valence-corrected chi connectivity index (χ0v) is 16.4. The summed E-state index contributed by atoms with van der Waals surface area (Å²) in [5, 5.41) is 6.41. The minimum atomic E-state index is -3.29. The minimum Gasteiger partial charge on any atom is -0.383 e. The van der Waals surface area contributed by atoms with Crippen molar-refractivity contribution in [3.05, 3.63) is 70.9 Å². The molecule has 0 atom stereocenters. The lowest BCUT2D eigenvalue weighted by atomic mass is 10.1. The summed E-state index contributed by atoms with van der Waals surface area (Å²) in [4.78, 5) is 25.2. The van der Waals surface area contributed by atoms with Gasteiger partial charge in [-0.2, -0.15) is 13.9 Å². The molecule has 3 rings (SSSR count). The Morgan fingerprint density at radius 2 is 1.84 bits per heavy atom. The standard InChI is InChI=1S/C20H17F4N5O2/c1-10-3-5-12(8-16(10)27-18(30)13-9-26-28(2)17(13)25)29(20(23)24)19(31)11-4-6-14(21)15(22)7-11/h3-9,20H,25H2,1-2H3,(H,27,30). The van der Waals surface area contributed by atoms with E-state index in [0.29, 0.717) is 17.7 Å². The number of halogens is 4. The fourth-order valence-electron chi connectivity index (χ4n) is 2.79. The van der Waals surface area contributed by atoms with Crippen molar-refractivity contribution in [3.8, 4) is 0 Å². The number of rotatable bonds is 5. The van der Waals surface area contributed by atoms with Crippen LogP contribution in [0.4, 0.5) is 34.8 Å². The Bertz CT molecular complexity index is 1160. The molecule has 0 radical (unpaired) electrons. The predicted octanol–water partition coefficient (Wildman–Crippen LogP) is 3.71.